The molecule has 0 unspecified atom stereocenters. The molecule has 1 aromatic carbocycles. The zero-order valence-electron chi connectivity index (χ0n) is 12.0. The molecule has 0 amide bonds. The van der Waals surface area contributed by atoms with Gasteiger partial charge in [0.15, 0.2) is 11.5 Å². The minimum Gasteiger partial charge on any atom is -0.454 e. The molecule has 2 heterocycles. The fourth-order valence-electron chi connectivity index (χ4n) is 3.04. The second-order valence-electron chi connectivity index (χ2n) is 5.23. The van der Waals surface area contributed by atoms with Crippen LogP contribution in [0.2, 0.25) is 0 Å². The number of nitro benzene ring substituents is 1. The summed E-state index contributed by atoms with van der Waals surface area (Å²) in [5.41, 5.74) is 0.832. The third kappa shape index (κ3) is 2.66. The maximum Gasteiger partial charge on any atom is 0.278 e. The van der Waals surface area contributed by atoms with E-state index in [0.29, 0.717) is 17.1 Å². The van der Waals surface area contributed by atoms with Crippen molar-refractivity contribution in [3.63, 3.8) is 0 Å². The largest absolute Gasteiger partial charge is 0.454 e. The Morgan fingerprint density at radius 1 is 1.33 bits per heavy atom. The highest BCUT2D eigenvalue weighted by Crippen LogP contribution is 2.42. The number of piperazine rings is 1. The number of rotatable bonds is 4. The van der Waals surface area contributed by atoms with Crippen LogP contribution in [0.4, 0.5) is 5.69 Å². The van der Waals surface area contributed by atoms with Gasteiger partial charge in [-0.05, 0) is 12.5 Å². The molecule has 114 valence electrons. The topological polar surface area (TPSA) is 76.9 Å². The van der Waals surface area contributed by atoms with E-state index >= 15 is 0 Å². The summed E-state index contributed by atoms with van der Waals surface area (Å²) in [4.78, 5) is 13.4. The van der Waals surface area contributed by atoms with Crippen molar-refractivity contribution in [1.82, 2.24) is 10.2 Å². The molecule has 0 spiro atoms. The summed E-state index contributed by atoms with van der Waals surface area (Å²) in [6, 6.07) is 3.29. The Labute approximate surface area is 123 Å². The van der Waals surface area contributed by atoms with Gasteiger partial charge < -0.3 is 14.8 Å². The van der Waals surface area contributed by atoms with Crippen LogP contribution in [0.25, 0.3) is 0 Å². The molecule has 2 aliphatic rings. The van der Waals surface area contributed by atoms with Gasteiger partial charge in [-0.25, -0.2) is 0 Å². The van der Waals surface area contributed by atoms with Crippen molar-refractivity contribution in [2.45, 2.75) is 19.4 Å². The van der Waals surface area contributed by atoms with Gasteiger partial charge in [-0.1, -0.05) is 6.92 Å². The summed E-state index contributed by atoms with van der Waals surface area (Å²) in [6.07, 6.45) is 0.820. The predicted molar refractivity (Wildman–Crippen MR) is 76.7 cm³/mol. The summed E-state index contributed by atoms with van der Waals surface area (Å²) >= 11 is 0. The van der Waals surface area contributed by atoms with Crippen molar-refractivity contribution in [2.75, 3.05) is 33.0 Å². The molecule has 1 saturated heterocycles. The number of nitrogens with zero attached hydrogens (tertiary/aromatic N) is 2. The molecule has 0 saturated carbocycles. The molecule has 0 aliphatic carbocycles. The van der Waals surface area contributed by atoms with Crippen LogP contribution in [0, 0.1) is 10.1 Å². The van der Waals surface area contributed by atoms with Crippen LogP contribution in [0.3, 0.4) is 0 Å². The van der Waals surface area contributed by atoms with Crippen molar-refractivity contribution >= 4 is 5.69 Å². The molecule has 1 fully saturated rings. The van der Waals surface area contributed by atoms with E-state index in [9.17, 15) is 10.1 Å². The Bertz CT molecular complexity index is 543. The maximum absolute atomic E-state index is 11.4. The number of nitro groups is 1. The molecule has 1 aromatic rings. The third-order valence-corrected chi connectivity index (χ3v) is 4.06. The SMILES string of the molecule is CC[C@@H](c1cc2c(cc1[N+](=O)[O-])OCO2)N1CCNCC1. The fourth-order valence-corrected chi connectivity index (χ4v) is 3.04. The minimum atomic E-state index is -0.331. The van der Waals surface area contributed by atoms with E-state index in [0.717, 1.165) is 32.6 Å². The first-order valence-corrected chi connectivity index (χ1v) is 7.23. The van der Waals surface area contributed by atoms with E-state index in [-0.39, 0.29) is 23.4 Å². The lowest BCUT2D eigenvalue weighted by Gasteiger charge is -2.34. The van der Waals surface area contributed by atoms with Gasteiger partial charge in [0.1, 0.15) is 0 Å². The lowest BCUT2D eigenvalue weighted by molar-refractivity contribution is -0.386. The van der Waals surface area contributed by atoms with Gasteiger partial charge in [0.05, 0.1) is 16.6 Å². The van der Waals surface area contributed by atoms with Crippen LogP contribution >= 0.6 is 0 Å². The molecule has 0 aromatic heterocycles. The number of ether oxygens (including phenoxy) is 2. The second-order valence-corrected chi connectivity index (χ2v) is 5.23. The molecule has 21 heavy (non-hydrogen) atoms. The number of fused-ring (bicyclic) bond motifs is 1. The van der Waals surface area contributed by atoms with Crippen LogP contribution in [0.15, 0.2) is 12.1 Å². The molecule has 1 N–H and O–H groups in total. The Kier molecular flexibility index (Phi) is 3.94. The number of nitrogens with one attached hydrogen (secondary N) is 1. The molecule has 3 rings (SSSR count). The Balaban J connectivity index is 1.99. The van der Waals surface area contributed by atoms with Crippen molar-refractivity contribution < 1.29 is 14.4 Å². The molecule has 7 nitrogen and oxygen atoms in total. The summed E-state index contributed by atoms with van der Waals surface area (Å²) in [5, 5.41) is 14.7. The van der Waals surface area contributed by atoms with Gasteiger partial charge >= 0.3 is 0 Å². The second kappa shape index (κ2) is 5.87. The van der Waals surface area contributed by atoms with E-state index in [2.05, 4.69) is 17.1 Å². The summed E-state index contributed by atoms with van der Waals surface area (Å²) in [7, 11) is 0. The Morgan fingerprint density at radius 3 is 2.62 bits per heavy atom. The van der Waals surface area contributed by atoms with E-state index in [1.807, 2.05) is 0 Å². The lowest BCUT2D eigenvalue weighted by Crippen LogP contribution is -2.45. The van der Waals surface area contributed by atoms with Crippen LogP contribution in [-0.2, 0) is 0 Å². The van der Waals surface area contributed by atoms with Crippen LogP contribution in [0.1, 0.15) is 24.9 Å². The zero-order chi connectivity index (χ0) is 14.8. The summed E-state index contributed by atoms with van der Waals surface area (Å²) in [6.45, 7) is 5.79. The highest BCUT2D eigenvalue weighted by atomic mass is 16.7. The number of benzene rings is 1. The van der Waals surface area contributed by atoms with Gasteiger partial charge in [-0.15, -0.1) is 0 Å². The standard InChI is InChI=1S/C14H19N3O4/c1-2-11(16-5-3-15-4-6-16)10-7-13-14(21-9-20-13)8-12(10)17(18)19/h7-8,11,15H,2-6,9H2,1H3/t11-/m0/s1. The van der Waals surface area contributed by atoms with E-state index in [4.69, 9.17) is 9.47 Å². The van der Waals surface area contributed by atoms with Crippen molar-refractivity contribution in [3.8, 4) is 11.5 Å². The fraction of sp³-hybridized carbons (Fsp3) is 0.571. The third-order valence-electron chi connectivity index (χ3n) is 4.06. The lowest BCUT2D eigenvalue weighted by atomic mass is 9.99. The molecular formula is C14H19N3O4. The molecule has 0 bridgehead atoms. The average molecular weight is 293 g/mol. The van der Waals surface area contributed by atoms with Crippen molar-refractivity contribution in [3.05, 3.63) is 27.8 Å². The van der Waals surface area contributed by atoms with E-state index in [1.54, 1.807) is 6.07 Å². The van der Waals surface area contributed by atoms with Gasteiger partial charge in [0, 0.05) is 32.2 Å². The van der Waals surface area contributed by atoms with Crippen LogP contribution in [-0.4, -0.2) is 42.8 Å². The molecule has 7 heteroatoms. The normalized spacial score (nSPS) is 19.5. The first kappa shape index (κ1) is 14.1. The Morgan fingerprint density at radius 2 is 2.00 bits per heavy atom. The van der Waals surface area contributed by atoms with Crippen LogP contribution < -0.4 is 14.8 Å². The van der Waals surface area contributed by atoms with Gasteiger partial charge in [0.25, 0.3) is 5.69 Å². The van der Waals surface area contributed by atoms with Gasteiger partial charge in [0.2, 0.25) is 6.79 Å². The maximum atomic E-state index is 11.4. The van der Waals surface area contributed by atoms with Gasteiger partial charge in [-0.3, -0.25) is 15.0 Å². The molecule has 0 radical (unpaired) electrons. The average Bonchev–Trinajstić information content (AvgIpc) is 2.95. The monoisotopic (exact) mass is 293 g/mol. The molecular weight excluding hydrogens is 274 g/mol. The quantitative estimate of drug-likeness (QED) is 0.672. The number of hydrogen-bond donors (Lipinski definition) is 1. The molecule has 2 aliphatic heterocycles. The molecule has 1 atom stereocenters. The van der Waals surface area contributed by atoms with Gasteiger partial charge in [-0.2, -0.15) is 0 Å². The summed E-state index contributed by atoms with van der Waals surface area (Å²) in [5.74, 6) is 1.06. The van der Waals surface area contributed by atoms with Crippen molar-refractivity contribution in [2.24, 2.45) is 0 Å². The minimum absolute atomic E-state index is 0.0296. The highest BCUT2D eigenvalue weighted by molar-refractivity contribution is 5.56. The predicted octanol–water partition coefficient (Wildman–Crippen LogP) is 1.68. The summed E-state index contributed by atoms with van der Waals surface area (Å²) < 4.78 is 10.6. The smallest absolute Gasteiger partial charge is 0.278 e. The highest BCUT2D eigenvalue weighted by Gasteiger charge is 2.30. The first-order valence-electron chi connectivity index (χ1n) is 7.23. The zero-order valence-corrected chi connectivity index (χ0v) is 12.0. The first-order chi connectivity index (χ1) is 10.2. The van der Waals surface area contributed by atoms with Crippen LogP contribution in [0.5, 0.6) is 11.5 Å². The van der Waals surface area contributed by atoms with Crippen molar-refractivity contribution in [1.29, 1.82) is 0 Å². The van der Waals surface area contributed by atoms with E-state index in [1.165, 1.54) is 6.07 Å². The number of hydrogen-bond acceptors (Lipinski definition) is 6. The van der Waals surface area contributed by atoms with E-state index < -0.39 is 0 Å². The Hall–Kier alpha value is -1.86.